The molecule has 2 unspecified atom stereocenters. The number of hydrogen-bond acceptors (Lipinski definition) is 7. The number of aromatic nitrogens is 1. The number of nitrogen functional groups attached to an aromatic ring is 1. The largest absolute Gasteiger partial charge is 0.391 e. The molecule has 1 aromatic rings. The number of anilines is 2. The maximum atomic E-state index is 12.5. The Balaban J connectivity index is 1.76. The molecule has 1 aromatic heterocycles. The number of β-amino-alcohol motifs (C(OH)–C–C–N with tert-alkyl or cyclic N) is 1. The summed E-state index contributed by atoms with van der Waals surface area (Å²) in [6.45, 7) is 2.64. The molecule has 2 aliphatic heterocycles. The summed E-state index contributed by atoms with van der Waals surface area (Å²) in [5, 5.41) is 10.5. The van der Waals surface area contributed by atoms with Gasteiger partial charge in [0.1, 0.15) is 10.7 Å². The van der Waals surface area contributed by atoms with Gasteiger partial charge in [0.2, 0.25) is 0 Å². The number of likely N-dealkylation sites (tertiary alicyclic amines) is 1. The Labute approximate surface area is 127 Å². The maximum Gasteiger partial charge on any atom is 0.267 e. The second kappa shape index (κ2) is 5.78. The Hall–Kier alpha value is -1.38. The summed E-state index contributed by atoms with van der Waals surface area (Å²) in [7, 11) is 0. The van der Waals surface area contributed by atoms with Crippen LogP contribution in [0.25, 0.3) is 0 Å². The maximum absolute atomic E-state index is 12.5. The van der Waals surface area contributed by atoms with Crippen molar-refractivity contribution in [2.24, 2.45) is 5.73 Å². The van der Waals surface area contributed by atoms with E-state index in [4.69, 9.17) is 11.5 Å². The Bertz CT molecular complexity index is 535. The van der Waals surface area contributed by atoms with Gasteiger partial charge in [-0.1, -0.05) is 11.3 Å². The summed E-state index contributed by atoms with van der Waals surface area (Å²) in [5.74, 6) is 0.152. The van der Waals surface area contributed by atoms with Crippen LogP contribution in [0, 0.1) is 0 Å². The van der Waals surface area contributed by atoms with Crippen LogP contribution in [0.3, 0.4) is 0 Å². The van der Waals surface area contributed by atoms with Crippen molar-refractivity contribution in [1.82, 2.24) is 9.88 Å². The first-order valence-corrected chi connectivity index (χ1v) is 8.10. The predicted molar refractivity (Wildman–Crippen MR) is 82.5 cm³/mol. The number of carbonyl (C=O) groups excluding carboxylic acids is 1. The molecule has 3 rings (SSSR count). The summed E-state index contributed by atoms with van der Waals surface area (Å²) in [4.78, 5) is 21.1. The summed E-state index contributed by atoms with van der Waals surface area (Å²) < 4.78 is 0. The average Bonchev–Trinajstić information content (AvgIpc) is 3.04. The normalized spacial score (nSPS) is 26.4. The molecule has 2 atom stereocenters. The zero-order chi connectivity index (χ0) is 15.0. The lowest BCUT2D eigenvalue weighted by atomic mass is 10.1. The zero-order valence-corrected chi connectivity index (χ0v) is 12.7. The van der Waals surface area contributed by atoms with Crippen molar-refractivity contribution in [2.45, 2.75) is 31.4 Å². The second-order valence-electron chi connectivity index (χ2n) is 5.75. The Morgan fingerprint density at radius 3 is 2.81 bits per heavy atom. The number of carbonyl (C=O) groups is 1. The third-order valence-corrected chi connectivity index (χ3v) is 5.14. The molecule has 0 saturated carbocycles. The molecule has 0 aliphatic carbocycles. The minimum atomic E-state index is -0.437. The van der Waals surface area contributed by atoms with Crippen LogP contribution in [0.4, 0.5) is 10.9 Å². The number of nitrogens with two attached hydrogens (primary N) is 2. The molecule has 7 nitrogen and oxygen atoms in total. The molecular formula is C13H21N5O2S. The van der Waals surface area contributed by atoms with Gasteiger partial charge in [0.15, 0.2) is 5.13 Å². The molecule has 0 spiro atoms. The highest BCUT2D eigenvalue weighted by molar-refractivity contribution is 7.18. The number of thiazole rings is 1. The minimum Gasteiger partial charge on any atom is -0.391 e. The predicted octanol–water partition coefficient (Wildman–Crippen LogP) is -0.140. The zero-order valence-electron chi connectivity index (χ0n) is 11.9. The van der Waals surface area contributed by atoms with Crippen LogP contribution in [0.1, 0.15) is 28.9 Å². The number of piperidine rings is 1. The van der Waals surface area contributed by atoms with Gasteiger partial charge in [0, 0.05) is 32.2 Å². The van der Waals surface area contributed by atoms with Crippen LogP contribution >= 0.6 is 11.3 Å². The highest BCUT2D eigenvalue weighted by atomic mass is 32.1. The molecule has 1 amide bonds. The van der Waals surface area contributed by atoms with Gasteiger partial charge in [-0.2, -0.15) is 0 Å². The van der Waals surface area contributed by atoms with Gasteiger partial charge < -0.3 is 26.4 Å². The molecule has 0 radical (unpaired) electrons. The van der Waals surface area contributed by atoms with Crippen LogP contribution in [0.5, 0.6) is 0 Å². The SMILES string of the molecule is Nc1nc(N2CCC(N)C2)sc1C(=O)N1CCCC(O)C1. The van der Waals surface area contributed by atoms with E-state index in [1.807, 2.05) is 0 Å². The highest BCUT2D eigenvalue weighted by Gasteiger charge is 2.29. The van der Waals surface area contributed by atoms with Crippen LogP contribution in [0.2, 0.25) is 0 Å². The minimum absolute atomic E-state index is 0.126. The van der Waals surface area contributed by atoms with E-state index in [9.17, 15) is 9.90 Å². The molecular weight excluding hydrogens is 290 g/mol. The van der Waals surface area contributed by atoms with Gasteiger partial charge in [0.25, 0.3) is 5.91 Å². The van der Waals surface area contributed by atoms with Crippen molar-refractivity contribution in [2.75, 3.05) is 36.8 Å². The molecule has 116 valence electrons. The molecule has 3 heterocycles. The Morgan fingerprint density at radius 2 is 2.14 bits per heavy atom. The van der Waals surface area contributed by atoms with E-state index >= 15 is 0 Å². The molecule has 5 N–H and O–H groups in total. The van der Waals surface area contributed by atoms with Crippen LogP contribution in [0.15, 0.2) is 0 Å². The first-order valence-electron chi connectivity index (χ1n) is 7.28. The molecule has 2 saturated heterocycles. The van der Waals surface area contributed by atoms with E-state index in [-0.39, 0.29) is 17.8 Å². The van der Waals surface area contributed by atoms with E-state index in [2.05, 4.69) is 9.88 Å². The lowest BCUT2D eigenvalue weighted by Gasteiger charge is -2.29. The molecule has 21 heavy (non-hydrogen) atoms. The molecule has 2 aliphatic rings. The van der Waals surface area contributed by atoms with Gasteiger partial charge in [0.05, 0.1) is 6.10 Å². The average molecular weight is 311 g/mol. The van der Waals surface area contributed by atoms with Gasteiger partial charge in [-0.3, -0.25) is 4.79 Å². The van der Waals surface area contributed by atoms with E-state index in [0.717, 1.165) is 37.5 Å². The summed E-state index contributed by atoms with van der Waals surface area (Å²) in [6.07, 6.45) is 2.06. The van der Waals surface area contributed by atoms with Crippen molar-refractivity contribution in [3.63, 3.8) is 0 Å². The van der Waals surface area contributed by atoms with E-state index in [1.165, 1.54) is 11.3 Å². The third kappa shape index (κ3) is 2.97. The molecule has 0 aromatic carbocycles. The van der Waals surface area contributed by atoms with E-state index in [0.29, 0.717) is 18.0 Å². The molecule has 2 fully saturated rings. The van der Waals surface area contributed by atoms with Gasteiger partial charge in [-0.05, 0) is 19.3 Å². The van der Waals surface area contributed by atoms with Crippen molar-refractivity contribution in [3.05, 3.63) is 4.88 Å². The van der Waals surface area contributed by atoms with Crippen molar-refractivity contribution < 1.29 is 9.90 Å². The molecule has 8 heteroatoms. The number of aliphatic hydroxyl groups is 1. The second-order valence-corrected chi connectivity index (χ2v) is 6.73. The van der Waals surface area contributed by atoms with Crippen LogP contribution in [-0.4, -0.2) is 59.2 Å². The third-order valence-electron chi connectivity index (χ3n) is 4.02. The lowest BCUT2D eigenvalue weighted by molar-refractivity contribution is 0.0478. The van der Waals surface area contributed by atoms with Crippen LogP contribution in [-0.2, 0) is 0 Å². The first kappa shape index (κ1) is 14.6. The van der Waals surface area contributed by atoms with E-state index < -0.39 is 6.10 Å². The quantitative estimate of drug-likeness (QED) is 0.701. The van der Waals surface area contributed by atoms with Gasteiger partial charge in [-0.25, -0.2) is 4.98 Å². The van der Waals surface area contributed by atoms with Crippen molar-refractivity contribution in [1.29, 1.82) is 0 Å². The fourth-order valence-corrected chi connectivity index (χ4v) is 3.84. The van der Waals surface area contributed by atoms with Crippen LogP contribution < -0.4 is 16.4 Å². The topological polar surface area (TPSA) is 109 Å². The summed E-state index contributed by atoms with van der Waals surface area (Å²) >= 11 is 1.32. The number of aliphatic hydroxyl groups excluding tert-OH is 1. The molecule has 0 bridgehead atoms. The van der Waals surface area contributed by atoms with Gasteiger partial charge >= 0.3 is 0 Å². The number of hydrogen-bond donors (Lipinski definition) is 3. The number of nitrogens with zero attached hydrogens (tertiary/aromatic N) is 3. The number of amides is 1. The van der Waals surface area contributed by atoms with Crippen molar-refractivity contribution >= 4 is 28.2 Å². The van der Waals surface area contributed by atoms with Gasteiger partial charge in [-0.15, -0.1) is 0 Å². The Morgan fingerprint density at radius 1 is 1.33 bits per heavy atom. The standard InChI is InChI=1S/C13H21N5O2S/c14-8-3-5-18(6-8)13-16-11(15)10(21-13)12(20)17-4-1-2-9(19)7-17/h8-9,19H,1-7,14-15H2. The first-order chi connectivity index (χ1) is 10.0. The summed E-state index contributed by atoms with van der Waals surface area (Å²) in [5.41, 5.74) is 11.8. The van der Waals surface area contributed by atoms with Crippen molar-refractivity contribution in [3.8, 4) is 0 Å². The monoisotopic (exact) mass is 311 g/mol. The fraction of sp³-hybridized carbons (Fsp3) is 0.692. The summed E-state index contributed by atoms with van der Waals surface area (Å²) in [6, 6.07) is 0.159. The highest BCUT2D eigenvalue weighted by Crippen LogP contribution is 2.31. The Kier molecular flexibility index (Phi) is 4.01. The smallest absolute Gasteiger partial charge is 0.267 e. The number of rotatable bonds is 2. The van der Waals surface area contributed by atoms with E-state index in [1.54, 1.807) is 4.90 Å². The fourth-order valence-electron chi connectivity index (χ4n) is 2.85. The lowest BCUT2D eigenvalue weighted by Crippen LogP contribution is -2.42.